The van der Waals surface area contributed by atoms with Gasteiger partial charge in [-0.25, -0.2) is 0 Å². The van der Waals surface area contributed by atoms with Crippen LogP contribution in [0.25, 0.3) is 0 Å². The van der Waals surface area contributed by atoms with E-state index in [1.54, 1.807) is 0 Å². The smallest absolute Gasteiger partial charge is 0.790 e. The maximum Gasteiger partial charge on any atom is 2.00 e. The SMILES string of the molecule is CCOP(=O)([O-])[O-].[Ba+2]. The Morgan fingerprint density at radius 1 is 1.62 bits per heavy atom. The van der Waals surface area contributed by atoms with Crippen LogP contribution < -0.4 is 9.79 Å². The van der Waals surface area contributed by atoms with Crippen LogP contribution in [0, 0.1) is 0 Å². The summed E-state index contributed by atoms with van der Waals surface area (Å²) in [5, 5.41) is 0. The molecule has 0 atom stereocenters. The van der Waals surface area contributed by atoms with Crippen LogP contribution in [0.5, 0.6) is 0 Å². The Labute approximate surface area is 87.9 Å². The molecule has 0 N–H and O–H groups in total. The zero-order valence-corrected chi connectivity index (χ0v) is 9.83. The van der Waals surface area contributed by atoms with Crippen LogP contribution in [0.15, 0.2) is 0 Å². The van der Waals surface area contributed by atoms with Gasteiger partial charge in [0.2, 0.25) is 0 Å². The van der Waals surface area contributed by atoms with Crippen molar-refractivity contribution in [2.24, 2.45) is 0 Å². The summed E-state index contributed by atoms with van der Waals surface area (Å²) in [6.45, 7) is 1.35. The molecule has 0 rings (SSSR count). The number of rotatable bonds is 2. The molecule has 0 spiro atoms. The summed E-state index contributed by atoms with van der Waals surface area (Å²) in [5.41, 5.74) is 0. The topological polar surface area (TPSA) is 72.4 Å². The van der Waals surface area contributed by atoms with Crippen molar-refractivity contribution in [3.63, 3.8) is 0 Å². The van der Waals surface area contributed by atoms with Gasteiger partial charge in [-0.05, 0) is 6.92 Å². The van der Waals surface area contributed by atoms with Crippen molar-refractivity contribution < 1.29 is 18.9 Å². The molecule has 4 nitrogen and oxygen atoms in total. The fraction of sp³-hybridized carbons (Fsp3) is 1.00. The Morgan fingerprint density at radius 2 is 2.00 bits per heavy atom. The molecular weight excluding hydrogens is 256 g/mol. The summed E-state index contributed by atoms with van der Waals surface area (Å²) in [4.78, 5) is 19.0. The molecule has 0 aliphatic rings. The van der Waals surface area contributed by atoms with Crippen LogP contribution >= 0.6 is 7.82 Å². The zero-order chi connectivity index (χ0) is 5.91. The van der Waals surface area contributed by atoms with Gasteiger partial charge in [-0.1, -0.05) is 0 Å². The van der Waals surface area contributed by atoms with E-state index >= 15 is 0 Å². The second kappa shape index (κ2) is 5.47. The van der Waals surface area contributed by atoms with Crippen LogP contribution in [-0.2, 0) is 9.09 Å². The monoisotopic (exact) mass is 262 g/mol. The third-order valence-electron chi connectivity index (χ3n) is 0.287. The summed E-state index contributed by atoms with van der Waals surface area (Å²) in [5.74, 6) is 0. The molecule has 0 bridgehead atoms. The van der Waals surface area contributed by atoms with E-state index in [0.29, 0.717) is 0 Å². The standard InChI is InChI=1S/C2H7O4P.Ba/c1-2-6-7(3,4)5;/h2H2,1H3,(H2,3,4,5);/q;+2/p-2. The minimum absolute atomic E-state index is 0. The van der Waals surface area contributed by atoms with Gasteiger partial charge in [0.25, 0.3) is 0 Å². The van der Waals surface area contributed by atoms with E-state index in [2.05, 4.69) is 4.52 Å². The third-order valence-corrected chi connectivity index (χ3v) is 0.862. The molecule has 6 heteroatoms. The normalized spacial score (nSPS) is 10.4. The van der Waals surface area contributed by atoms with Gasteiger partial charge >= 0.3 is 48.9 Å². The number of hydrogen-bond acceptors (Lipinski definition) is 4. The maximum atomic E-state index is 9.48. The average molecular weight is 261 g/mol. The third kappa shape index (κ3) is 10.6. The van der Waals surface area contributed by atoms with Crippen molar-refractivity contribution in [1.29, 1.82) is 0 Å². The van der Waals surface area contributed by atoms with Gasteiger partial charge in [0.1, 0.15) is 0 Å². The van der Waals surface area contributed by atoms with Gasteiger partial charge in [-0.15, -0.1) is 0 Å². The number of phosphoric acid groups is 1. The second-order valence-electron chi connectivity index (χ2n) is 0.865. The maximum absolute atomic E-state index is 9.48. The van der Waals surface area contributed by atoms with Gasteiger partial charge in [0.05, 0.1) is 7.82 Å². The van der Waals surface area contributed by atoms with E-state index in [4.69, 9.17) is 0 Å². The average Bonchev–Trinajstić information content (AvgIpc) is 1.30. The van der Waals surface area contributed by atoms with Gasteiger partial charge in [-0.2, -0.15) is 0 Å². The minimum Gasteiger partial charge on any atom is -0.790 e. The molecule has 0 radical (unpaired) electrons. The van der Waals surface area contributed by atoms with E-state index in [0.717, 1.165) is 0 Å². The van der Waals surface area contributed by atoms with E-state index < -0.39 is 7.82 Å². The molecule has 0 aromatic carbocycles. The van der Waals surface area contributed by atoms with E-state index in [9.17, 15) is 14.4 Å². The molecule has 0 aliphatic carbocycles. The molecule has 0 aromatic heterocycles. The summed E-state index contributed by atoms with van der Waals surface area (Å²) in [6.07, 6.45) is 0. The molecule has 44 valence electrons. The zero-order valence-electron chi connectivity index (χ0n) is 4.49. The van der Waals surface area contributed by atoms with E-state index in [1.807, 2.05) is 0 Å². The second-order valence-corrected chi connectivity index (χ2v) is 2.02. The van der Waals surface area contributed by atoms with Gasteiger partial charge in [-0.3, -0.25) is 0 Å². The molecular formula is C2H5BaO4P. The predicted octanol–water partition coefficient (Wildman–Crippen LogP) is -1.53. The van der Waals surface area contributed by atoms with Crippen LogP contribution in [0.2, 0.25) is 0 Å². The Morgan fingerprint density at radius 3 is 2.00 bits per heavy atom. The van der Waals surface area contributed by atoms with Crippen molar-refractivity contribution in [2.45, 2.75) is 6.92 Å². The molecule has 0 saturated heterocycles. The quantitative estimate of drug-likeness (QED) is 0.446. The van der Waals surface area contributed by atoms with Gasteiger partial charge in [0.15, 0.2) is 0 Å². The fourth-order valence-electron chi connectivity index (χ4n) is 0.158. The number of hydrogen-bond donors (Lipinski definition) is 0. The van der Waals surface area contributed by atoms with Crippen LogP contribution in [0.3, 0.4) is 0 Å². The summed E-state index contributed by atoms with van der Waals surface area (Å²) >= 11 is 0. The first-order valence-electron chi connectivity index (χ1n) is 1.73. The van der Waals surface area contributed by atoms with Crippen molar-refractivity contribution >= 4 is 56.7 Å². The van der Waals surface area contributed by atoms with E-state index in [1.165, 1.54) is 6.92 Å². The summed E-state index contributed by atoms with van der Waals surface area (Å²) < 4.78 is 13.2. The first kappa shape index (κ1) is 12.4. The largest absolute Gasteiger partial charge is 2.00 e. The Kier molecular flexibility index (Phi) is 8.45. The summed E-state index contributed by atoms with van der Waals surface area (Å²) in [6, 6.07) is 0. The molecule has 0 aromatic rings. The fourth-order valence-corrected chi connectivity index (χ4v) is 0.474. The Bertz CT molecular complexity index is 88.0. The van der Waals surface area contributed by atoms with Crippen molar-refractivity contribution in [2.75, 3.05) is 6.61 Å². The Balaban J connectivity index is 0. The first-order valence-corrected chi connectivity index (χ1v) is 3.19. The van der Waals surface area contributed by atoms with Crippen LogP contribution in [0.4, 0.5) is 0 Å². The minimum atomic E-state index is -4.67. The molecule has 0 fully saturated rings. The molecule has 8 heavy (non-hydrogen) atoms. The molecule has 0 saturated carbocycles. The molecule has 0 unspecified atom stereocenters. The van der Waals surface area contributed by atoms with Crippen molar-refractivity contribution in [3.05, 3.63) is 0 Å². The molecule has 0 amide bonds. The van der Waals surface area contributed by atoms with Crippen LogP contribution in [0.1, 0.15) is 6.92 Å². The predicted molar refractivity (Wildman–Crippen MR) is 25.0 cm³/mol. The van der Waals surface area contributed by atoms with Gasteiger partial charge in [0, 0.05) is 6.61 Å². The number of phosphoric ester groups is 1. The van der Waals surface area contributed by atoms with Gasteiger partial charge < -0.3 is 18.9 Å². The first-order chi connectivity index (χ1) is 3.06. The Hall–Kier alpha value is 1.68. The molecule has 0 aliphatic heterocycles. The van der Waals surface area contributed by atoms with Crippen LogP contribution in [-0.4, -0.2) is 55.5 Å². The van der Waals surface area contributed by atoms with E-state index in [-0.39, 0.29) is 55.5 Å². The van der Waals surface area contributed by atoms with Crippen molar-refractivity contribution in [3.8, 4) is 0 Å². The summed E-state index contributed by atoms with van der Waals surface area (Å²) in [7, 11) is -4.67. The molecule has 0 heterocycles. The van der Waals surface area contributed by atoms with Crippen molar-refractivity contribution in [1.82, 2.24) is 0 Å².